The van der Waals surface area contributed by atoms with Gasteiger partial charge in [0.25, 0.3) is 11.3 Å². The number of nitrogens with one attached hydrogen (secondary N) is 1. The molecule has 3 rings (SSSR count). The zero-order valence-corrected chi connectivity index (χ0v) is 11.3. The molecular formula is C13H9BrN3O2+. The molecule has 1 aromatic carbocycles. The Hall–Kier alpha value is -2.21. The lowest BCUT2D eigenvalue weighted by Gasteiger charge is -1.97. The van der Waals surface area contributed by atoms with E-state index in [1.54, 1.807) is 12.1 Å². The second kappa shape index (κ2) is 4.47. The van der Waals surface area contributed by atoms with E-state index in [-0.39, 0.29) is 5.69 Å². The number of hydrogen-bond donors (Lipinski definition) is 1. The number of rotatable bonds is 2. The molecular weight excluding hydrogens is 310 g/mol. The largest absolute Gasteiger partial charge is 0.284 e. The highest BCUT2D eigenvalue weighted by molar-refractivity contribution is 9.10. The van der Waals surface area contributed by atoms with E-state index in [1.807, 2.05) is 41.1 Å². The molecule has 0 saturated carbocycles. The third kappa shape index (κ3) is 2.10. The number of imidazole rings is 1. The first-order chi connectivity index (χ1) is 9.15. The summed E-state index contributed by atoms with van der Waals surface area (Å²) < 4.78 is 2.41. The number of hydrogen-bond acceptors (Lipinski definition) is 2. The molecule has 5 nitrogen and oxygen atoms in total. The van der Waals surface area contributed by atoms with Gasteiger partial charge in [-0.05, 0) is 34.1 Å². The molecule has 3 aromatic rings. The van der Waals surface area contributed by atoms with E-state index in [0.717, 1.165) is 16.9 Å². The normalized spacial score (nSPS) is 10.8. The Bertz CT molecular complexity index is 749. The number of H-pyrrole nitrogens is 1. The van der Waals surface area contributed by atoms with Crippen LogP contribution < -0.4 is 4.40 Å². The minimum atomic E-state index is -0.399. The minimum Gasteiger partial charge on any atom is -0.258 e. The van der Waals surface area contributed by atoms with Crippen LogP contribution in [0.15, 0.2) is 53.3 Å². The number of pyridine rings is 1. The van der Waals surface area contributed by atoms with Gasteiger partial charge < -0.3 is 0 Å². The van der Waals surface area contributed by atoms with Crippen LogP contribution in [0.3, 0.4) is 0 Å². The number of nitro benzene ring substituents is 1. The van der Waals surface area contributed by atoms with E-state index in [2.05, 4.69) is 20.9 Å². The first kappa shape index (κ1) is 11.9. The van der Waals surface area contributed by atoms with Crippen LogP contribution in [-0.4, -0.2) is 9.91 Å². The zero-order valence-electron chi connectivity index (χ0n) is 9.71. The number of nitro groups is 1. The SMILES string of the molecule is O=[N+]([O-])c1cc(-c2c[n+]3ccccc3[nH]2)ccc1Br. The Labute approximate surface area is 116 Å². The lowest BCUT2D eigenvalue weighted by Crippen LogP contribution is -2.15. The van der Waals surface area contributed by atoms with Crippen molar-refractivity contribution in [2.45, 2.75) is 0 Å². The maximum atomic E-state index is 10.9. The van der Waals surface area contributed by atoms with Gasteiger partial charge in [0.2, 0.25) is 0 Å². The number of aromatic nitrogens is 2. The Balaban J connectivity index is 2.16. The molecule has 19 heavy (non-hydrogen) atoms. The highest BCUT2D eigenvalue weighted by Crippen LogP contribution is 2.29. The molecule has 2 aromatic heterocycles. The van der Waals surface area contributed by atoms with Gasteiger partial charge in [-0.15, -0.1) is 0 Å². The Kier molecular flexibility index (Phi) is 2.79. The topological polar surface area (TPSA) is 63.0 Å². The van der Waals surface area contributed by atoms with Crippen LogP contribution in [0.1, 0.15) is 0 Å². The second-order valence-electron chi connectivity index (χ2n) is 4.08. The average molecular weight is 319 g/mol. The van der Waals surface area contributed by atoms with Crippen LogP contribution in [0.4, 0.5) is 5.69 Å². The van der Waals surface area contributed by atoms with Crippen LogP contribution in [0.25, 0.3) is 16.9 Å². The zero-order chi connectivity index (χ0) is 13.4. The van der Waals surface area contributed by atoms with Gasteiger partial charge in [-0.25, -0.2) is 9.38 Å². The van der Waals surface area contributed by atoms with Gasteiger partial charge in [-0.2, -0.15) is 0 Å². The summed E-state index contributed by atoms with van der Waals surface area (Å²) in [7, 11) is 0. The quantitative estimate of drug-likeness (QED) is 0.448. The highest BCUT2D eigenvalue weighted by atomic mass is 79.9. The van der Waals surface area contributed by atoms with Crippen molar-refractivity contribution in [1.82, 2.24) is 4.98 Å². The Morgan fingerprint density at radius 1 is 1.26 bits per heavy atom. The van der Waals surface area contributed by atoms with Crippen molar-refractivity contribution in [3.63, 3.8) is 0 Å². The van der Waals surface area contributed by atoms with Crippen LogP contribution in [-0.2, 0) is 0 Å². The molecule has 0 aliphatic carbocycles. The molecule has 0 fully saturated rings. The number of fused-ring (bicyclic) bond motifs is 1. The summed E-state index contributed by atoms with van der Waals surface area (Å²) >= 11 is 3.18. The first-order valence-corrected chi connectivity index (χ1v) is 6.38. The van der Waals surface area contributed by atoms with E-state index in [0.29, 0.717) is 4.47 Å². The van der Waals surface area contributed by atoms with Crippen molar-refractivity contribution in [1.29, 1.82) is 0 Å². The maximum Gasteiger partial charge on any atom is 0.284 e. The predicted octanol–water partition coefficient (Wildman–Crippen LogP) is 3.09. The van der Waals surface area contributed by atoms with Crippen molar-refractivity contribution in [2.75, 3.05) is 0 Å². The van der Waals surface area contributed by atoms with Crippen molar-refractivity contribution in [2.24, 2.45) is 0 Å². The van der Waals surface area contributed by atoms with Crippen molar-refractivity contribution in [3.8, 4) is 11.3 Å². The molecule has 0 bridgehead atoms. The summed E-state index contributed by atoms with van der Waals surface area (Å²) in [5.74, 6) is 0. The summed E-state index contributed by atoms with van der Waals surface area (Å²) in [6.45, 7) is 0. The fourth-order valence-electron chi connectivity index (χ4n) is 1.95. The Morgan fingerprint density at radius 2 is 2.11 bits per heavy atom. The van der Waals surface area contributed by atoms with Gasteiger partial charge in [0, 0.05) is 17.7 Å². The second-order valence-corrected chi connectivity index (χ2v) is 4.94. The molecule has 94 valence electrons. The van der Waals surface area contributed by atoms with E-state index in [4.69, 9.17) is 0 Å². The molecule has 2 heterocycles. The molecule has 0 radical (unpaired) electrons. The van der Waals surface area contributed by atoms with Gasteiger partial charge in [-0.1, -0.05) is 6.07 Å². The number of nitrogens with zero attached hydrogens (tertiary/aromatic N) is 2. The van der Waals surface area contributed by atoms with E-state index in [9.17, 15) is 10.1 Å². The summed E-state index contributed by atoms with van der Waals surface area (Å²) in [6, 6.07) is 10.9. The molecule has 0 aliphatic heterocycles. The van der Waals surface area contributed by atoms with Gasteiger partial charge in [0.15, 0.2) is 5.69 Å². The van der Waals surface area contributed by atoms with Crippen molar-refractivity contribution < 1.29 is 9.32 Å². The smallest absolute Gasteiger partial charge is 0.258 e. The maximum absolute atomic E-state index is 10.9. The molecule has 0 atom stereocenters. The van der Waals surface area contributed by atoms with Gasteiger partial charge in [0.05, 0.1) is 15.6 Å². The number of halogens is 1. The molecule has 1 N–H and O–H groups in total. The summed E-state index contributed by atoms with van der Waals surface area (Å²) in [5.41, 5.74) is 2.60. The summed E-state index contributed by atoms with van der Waals surface area (Å²) in [4.78, 5) is 13.8. The standard InChI is InChI=1S/C13H8BrN3O2/c14-10-5-4-9(7-12(10)17(18)19)11-8-16-6-2-1-3-13(16)15-11/h1-8H/p+1. The monoisotopic (exact) mass is 318 g/mol. The van der Waals surface area contributed by atoms with Crippen molar-refractivity contribution in [3.05, 3.63) is 63.4 Å². The molecule has 0 saturated heterocycles. The summed E-state index contributed by atoms with van der Waals surface area (Å²) in [5, 5.41) is 10.9. The molecule has 0 aliphatic rings. The number of aromatic amines is 1. The van der Waals surface area contributed by atoms with E-state index in [1.165, 1.54) is 0 Å². The fourth-order valence-corrected chi connectivity index (χ4v) is 2.34. The number of benzene rings is 1. The van der Waals surface area contributed by atoms with Crippen LogP contribution >= 0.6 is 15.9 Å². The predicted molar refractivity (Wildman–Crippen MR) is 73.7 cm³/mol. The third-order valence-electron chi connectivity index (χ3n) is 2.87. The molecule has 0 unspecified atom stereocenters. The lowest BCUT2D eigenvalue weighted by molar-refractivity contribution is -0.509. The third-order valence-corrected chi connectivity index (χ3v) is 3.55. The average Bonchev–Trinajstić information content (AvgIpc) is 2.82. The van der Waals surface area contributed by atoms with E-state index >= 15 is 0 Å². The first-order valence-electron chi connectivity index (χ1n) is 5.58. The fraction of sp³-hybridized carbons (Fsp3) is 0. The molecule has 6 heteroatoms. The molecule has 0 amide bonds. The molecule has 0 spiro atoms. The highest BCUT2D eigenvalue weighted by Gasteiger charge is 2.16. The van der Waals surface area contributed by atoms with Crippen molar-refractivity contribution >= 4 is 27.3 Å². The van der Waals surface area contributed by atoms with Crippen LogP contribution in [0.2, 0.25) is 0 Å². The van der Waals surface area contributed by atoms with Crippen LogP contribution in [0.5, 0.6) is 0 Å². The van der Waals surface area contributed by atoms with Gasteiger partial charge in [0.1, 0.15) is 6.20 Å². The summed E-state index contributed by atoms with van der Waals surface area (Å²) in [6.07, 6.45) is 3.82. The van der Waals surface area contributed by atoms with Gasteiger partial charge >= 0.3 is 0 Å². The van der Waals surface area contributed by atoms with E-state index < -0.39 is 4.92 Å². The van der Waals surface area contributed by atoms with Crippen LogP contribution in [0, 0.1) is 10.1 Å². The lowest BCUT2D eigenvalue weighted by atomic mass is 10.1. The van der Waals surface area contributed by atoms with Gasteiger partial charge in [-0.3, -0.25) is 10.1 Å². The Morgan fingerprint density at radius 3 is 2.84 bits per heavy atom. The minimum absolute atomic E-state index is 0.0566.